The molecule has 0 N–H and O–H groups in total. The van der Waals surface area contributed by atoms with Crippen molar-refractivity contribution in [3.63, 3.8) is 0 Å². The van der Waals surface area contributed by atoms with Gasteiger partial charge in [0.1, 0.15) is 0 Å². The van der Waals surface area contributed by atoms with Crippen LogP contribution in [0.5, 0.6) is 0 Å². The number of thiophene rings is 1. The maximum atomic E-state index is 2.40. The third kappa shape index (κ3) is 5.33. The minimum atomic E-state index is 1.11. The summed E-state index contributed by atoms with van der Waals surface area (Å²) in [5.74, 6) is 0. The fraction of sp³-hybridized carbons (Fsp3) is 0. The molecular weight excluding hydrogens is 647 g/mol. The van der Waals surface area contributed by atoms with Crippen LogP contribution in [0.4, 0.5) is 17.1 Å². The SMILES string of the molecule is c1cc(-c2cccc(N(c3ccc(-c4ccc5c(c4)sc4ccccc45)cc3)c3cccc4ccccc34)c2)cc(-c2cccc3ccccc23)c1. The van der Waals surface area contributed by atoms with Gasteiger partial charge in [0.05, 0.1) is 5.69 Å². The molecule has 10 aromatic rings. The lowest BCUT2D eigenvalue weighted by molar-refractivity contribution is 1.30. The van der Waals surface area contributed by atoms with Gasteiger partial charge in [-0.2, -0.15) is 0 Å². The number of fused-ring (bicyclic) bond motifs is 5. The predicted molar refractivity (Wildman–Crippen MR) is 225 cm³/mol. The number of hydrogen-bond acceptors (Lipinski definition) is 2. The number of nitrogens with zero attached hydrogens (tertiary/aromatic N) is 1. The first-order valence-corrected chi connectivity index (χ1v) is 18.6. The summed E-state index contributed by atoms with van der Waals surface area (Å²) in [5.41, 5.74) is 10.7. The van der Waals surface area contributed by atoms with Crippen LogP contribution in [0, 0.1) is 0 Å². The van der Waals surface area contributed by atoms with Gasteiger partial charge in [-0.15, -0.1) is 11.3 Å². The van der Waals surface area contributed by atoms with Crippen LogP contribution >= 0.6 is 11.3 Å². The Labute approximate surface area is 307 Å². The van der Waals surface area contributed by atoms with E-state index in [4.69, 9.17) is 0 Å². The van der Waals surface area contributed by atoms with Crippen LogP contribution in [0.1, 0.15) is 0 Å². The second kappa shape index (κ2) is 12.7. The van der Waals surface area contributed by atoms with Gasteiger partial charge in [-0.3, -0.25) is 0 Å². The highest BCUT2D eigenvalue weighted by atomic mass is 32.1. The zero-order valence-corrected chi connectivity index (χ0v) is 29.2. The van der Waals surface area contributed by atoms with Gasteiger partial charge < -0.3 is 4.90 Å². The second-order valence-corrected chi connectivity index (χ2v) is 14.4. The molecule has 0 saturated carbocycles. The summed E-state index contributed by atoms with van der Waals surface area (Å²) in [5, 5.41) is 7.61. The zero-order valence-electron chi connectivity index (χ0n) is 28.4. The molecule has 0 atom stereocenters. The maximum Gasteiger partial charge on any atom is 0.0540 e. The summed E-state index contributed by atoms with van der Waals surface area (Å²) in [4.78, 5) is 2.40. The van der Waals surface area contributed by atoms with Gasteiger partial charge in [0.25, 0.3) is 0 Å². The van der Waals surface area contributed by atoms with Gasteiger partial charge in [0, 0.05) is 36.9 Å². The molecule has 1 nitrogen and oxygen atoms in total. The third-order valence-electron chi connectivity index (χ3n) is 10.2. The molecule has 0 bridgehead atoms. The largest absolute Gasteiger partial charge is 0.310 e. The summed E-state index contributed by atoms with van der Waals surface area (Å²) in [6, 6.07) is 73.0. The van der Waals surface area contributed by atoms with E-state index >= 15 is 0 Å². The molecule has 52 heavy (non-hydrogen) atoms. The molecule has 0 fully saturated rings. The van der Waals surface area contributed by atoms with Crippen LogP contribution in [0.15, 0.2) is 200 Å². The highest BCUT2D eigenvalue weighted by molar-refractivity contribution is 7.25. The van der Waals surface area contributed by atoms with Crippen LogP contribution in [0.3, 0.4) is 0 Å². The molecule has 1 aromatic heterocycles. The summed E-state index contributed by atoms with van der Waals surface area (Å²) in [6.07, 6.45) is 0. The molecule has 244 valence electrons. The van der Waals surface area contributed by atoms with Gasteiger partial charge in [-0.1, -0.05) is 152 Å². The Bertz CT molecular complexity index is 2910. The molecule has 10 rings (SSSR count). The van der Waals surface area contributed by atoms with Gasteiger partial charge in [-0.05, 0) is 98.1 Å². The lowest BCUT2D eigenvalue weighted by Crippen LogP contribution is -2.10. The van der Waals surface area contributed by atoms with E-state index in [1.165, 1.54) is 75.1 Å². The molecule has 0 amide bonds. The van der Waals surface area contributed by atoms with Crippen molar-refractivity contribution in [3.8, 4) is 33.4 Å². The van der Waals surface area contributed by atoms with Crippen molar-refractivity contribution >= 4 is 70.1 Å². The second-order valence-electron chi connectivity index (χ2n) is 13.3. The van der Waals surface area contributed by atoms with E-state index in [2.05, 4.69) is 205 Å². The van der Waals surface area contributed by atoms with Crippen LogP contribution < -0.4 is 4.90 Å². The van der Waals surface area contributed by atoms with Gasteiger partial charge in [0.15, 0.2) is 0 Å². The van der Waals surface area contributed by atoms with E-state index < -0.39 is 0 Å². The van der Waals surface area contributed by atoms with E-state index in [1.807, 2.05) is 11.3 Å². The van der Waals surface area contributed by atoms with E-state index in [0.717, 1.165) is 17.1 Å². The Balaban J connectivity index is 1.07. The zero-order chi connectivity index (χ0) is 34.4. The molecule has 0 spiro atoms. The molecule has 9 aromatic carbocycles. The number of anilines is 3. The normalized spacial score (nSPS) is 11.5. The first kappa shape index (κ1) is 30.4. The fourth-order valence-electron chi connectivity index (χ4n) is 7.71. The van der Waals surface area contributed by atoms with Crippen LogP contribution in [0.25, 0.3) is 75.1 Å². The first-order valence-electron chi connectivity index (χ1n) is 17.8. The highest BCUT2D eigenvalue weighted by Gasteiger charge is 2.17. The van der Waals surface area contributed by atoms with Crippen molar-refractivity contribution in [2.75, 3.05) is 4.90 Å². The molecule has 0 aliphatic carbocycles. The van der Waals surface area contributed by atoms with Crippen molar-refractivity contribution in [1.29, 1.82) is 0 Å². The van der Waals surface area contributed by atoms with Crippen molar-refractivity contribution in [2.24, 2.45) is 0 Å². The van der Waals surface area contributed by atoms with Crippen molar-refractivity contribution in [1.82, 2.24) is 0 Å². The third-order valence-corrected chi connectivity index (χ3v) is 11.4. The molecule has 0 radical (unpaired) electrons. The number of hydrogen-bond donors (Lipinski definition) is 0. The quantitative estimate of drug-likeness (QED) is 0.169. The Morgan fingerprint density at radius 3 is 1.73 bits per heavy atom. The summed E-state index contributed by atoms with van der Waals surface area (Å²) >= 11 is 1.87. The standard InChI is InChI=1S/C50H33NS/c1-3-19-43-35(11-1)13-9-22-44(43)40-17-7-15-37(31-40)38-16-8-18-42(32-38)51(48-23-10-14-36-12-2-4-20-45(36)48)41-28-25-34(26-29-41)39-27-30-47-46-21-5-6-24-49(46)52-50(47)33-39/h1-33H. The highest BCUT2D eigenvalue weighted by Crippen LogP contribution is 2.42. The van der Waals surface area contributed by atoms with Crippen molar-refractivity contribution in [2.45, 2.75) is 0 Å². The van der Waals surface area contributed by atoms with Crippen LogP contribution in [-0.4, -0.2) is 0 Å². The Morgan fingerprint density at radius 2 is 0.885 bits per heavy atom. The maximum absolute atomic E-state index is 2.40. The Hall–Kier alpha value is -6.48. The average Bonchev–Trinajstić information content (AvgIpc) is 3.59. The monoisotopic (exact) mass is 679 g/mol. The van der Waals surface area contributed by atoms with Gasteiger partial charge in [-0.25, -0.2) is 0 Å². The Morgan fingerprint density at radius 1 is 0.308 bits per heavy atom. The van der Waals surface area contributed by atoms with Crippen LogP contribution in [0.2, 0.25) is 0 Å². The van der Waals surface area contributed by atoms with E-state index in [1.54, 1.807) is 0 Å². The molecule has 0 unspecified atom stereocenters. The van der Waals surface area contributed by atoms with Gasteiger partial charge >= 0.3 is 0 Å². The van der Waals surface area contributed by atoms with Crippen LogP contribution in [-0.2, 0) is 0 Å². The molecule has 0 aliphatic rings. The average molecular weight is 680 g/mol. The van der Waals surface area contributed by atoms with Gasteiger partial charge in [0.2, 0.25) is 0 Å². The van der Waals surface area contributed by atoms with E-state index in [-0.39, 0.29) is 0 Å². The fourth-order valence-corrected chi connectivity index (χ4v) is 8.85. The molecule has 0 saturated heterocycles. The predicted octanol–water partition coefficient (Wildman–Crippen LogP) is 14.8. The number of rotatable bonds is 6. The van der Waals surface area contributed by atoms with E-state index in [0.29, 0.717) is 0 Å². The smallest absolute Gasteiger partial charge is 0.0540 e. The molecule has 2 heteroatoms. The molecular formula is C50H33NS. The topological polar surface area (TPSA) is 3.24 Å². The van der Waals surface area contributed by atoms with E-state index in [9.17, 15) is 0 Å². The lowest BCUT2D eigenvalue weighted by Gasteiger charge is -2.27. The summed E-state index contributed by atoms with van der Waals surface area (Å²) in [7, 11) is 0. The summed E-state index contributed by atoms with van der Waals surface area (Å²) in [6.45, 7) is 0. The lowest BCUT2D eigenvalue weighted by atomic mass is 9.95. The minimum Gasteiger partial charge on any atom is -0.310 e. The molecule has 0 aliphatic heterocycles. The minimum absolute atomic E-state index is 1.11. The number of benzene rings is 9. The molecule has 1 heterocycles. The van der Waals surface area contributed by atoms with Crippen molar-refractivity contribution < 1.29 is 0 Å². The van der Waals surface area contributed by atoms with Crippen molar-refractivity contribution in [3.05, 3.63) is 200 Å². The first-order chi connectivity index (χ1) is 25.8. The Kier molecular flexibility index (Phi) is 7.41. The summed E-state index contributed by atoms with van der Waals surface area (Å²) < 4.78 is 2.65.